The smallest absolute Gasteiger partial charge is 0.247 e. The van der Waals surface area contributed by atoms with E-state index in [4.69, 9.17) is 11.5 Å². The number of anilines is 2. The van der Waals surface area contributed by atoms with Crippen LogP contribution in [-0.4, -0.2) is 32.2 Å². The van der Waals surface area contributed by atoms with Crippen LogP contribution in [0.3, 0.4) is 0 Å². The molecule has 4 aromatic rings. The molecule has 0 radical (unpaired) electrons. The molecule has 10 nitrogen and oxygen atoms in total. The van der Waals surface area contributed by atoms with Crippen LogP contribution in [0.1, 0.15) is 46.1 Å². The Morgan fingerprint density at radius 2 is 1.03 bits per heavy atom. The Hall–Kier alpha value is -2.88. The van der Waals surface area contributed by atoms with Crippen LogP contribution >= 0.6 is 49.7 Å². The van der Waals surface area contributed by atoms with Crippen LogP contribution in [-0.2, 0) is 22.4 Å². The molecule has 4 rings (SSSR count). The normalized spacial score (nSPS) is 11.9. The second-order valence-corrected chi connectivity index (χ2v) is 10.1. The maximum absolute atomic E-state index is 12.4. The first-order chi connectivity index (χ1) is 17.5. The fourth-order valence-electron chi connectivity index (χ4n) is 3.35. The molecule has 0 spiro atoms. The van der Waals surface area contributed by atoms with Crippen LogP contribution < -0.4 is 22.1 Å². The van der Waals surface area contributed by atoms with E-state index in [-0.39, 0.29) is 38.8 Å². The molecular weight excluding hydrogens is 561 g/mol. The van der Waals surface area contributed by atoms with Gasteiger partial charge in [-0.25, -0.2) is 0 Å². The number of nitrogens with one attached hydrogen (secondary N) is 2. The molecule has 0 saturated carbocycles. The van der Waals surface area contributed by atoms with Crippen molar-refractivity contribution >= 4 is 71.7 Å². The van der Waals surface area contributed by atoms with Crippen molar-refractivity contribution in [2.24, 2.45) is 11.5 Å². The van der Waals surface area contributed by atoms with E-state index in [2.05, 4.69) is 31.0 Å². The van der Waals surface area contributed by atoms with Gasteiger partial charge in [-0.1, -0.05) is 83.3 Å². The number of carbonyl (C=O) groups is 2. The zero-order valence-corrected chi connectivity index (χ0v) is 24.0. The van der Waals surface area contributed by atoms with Crippen molar-refractivity contribution in [1.29, 1.82) is 0 Å². The standard InChI is InChI=1S/C24H26N8O2S2.2H2S/c25-19(15-9-3-1-4-10-15)21(33)27-23-31-29-17(35-23)13-7-8-14-18-30-32-24(36-18)28-22(34)20(26)16-11-5-2-6-12-16;;/h1-6,9-12,19-20H,7-8,13-14,25-26H2,(H,27,31,33)(H,28,32,34);2*1H2/t19-,20-;;/m0../s1. The van der Waals surface area contributed by atoms with Gasteiger partial charge in [0, 0.05) is 12.8 Å². The molecule has 6 N–H and O–H groups in total. The Labute approximate surface area is 242 Å². The van der Waals surface area contributed by atoms with Crippen LogP contribution in [0.5, 0.6) is 0 Å². The summed E-state index contributed by atoms with van der Waals surface area (Å²) in [5.74, 6) is -0.652. The van der Waals surface area contributed by atoms with Gasteiger partial charge in [-0.15, -0.1) is 20.4 Å². The van der Waals surface area contributed by atoms with Crippen molar-refractivity contribution in [3.8, 4) is 0 Å². The predicted molar refractivity (Wildman–Crippen MR) is 161 cm³/mol. The first-order valence-corrected chi connectivity index (χ1v) is 13.0. The molecule has 0 aliphatic carbocycles. The van der Waals surface area contributed by atoms with Crippen molar-refractivity contribution in [2.75, 3.05) is 10.6 Å². The summed E-state index contributed by atoms with van der Waals surface area (Å²) in [5.41, 5.74) is 13.5. The maximum Gasteiger partial charge on any atom is 0.247 e. The summed E-state index contributed by atoms with van der Waals surface area (Å²) in [6.45, 7) is 0. The minimum atomic E-state index is -0.769. The molecule has 2 aromatic carbocycles. The molecule has 2 aromatic heterocycles. The number of rotatable bonds is 11. The summed E-state index contributed by atoms with van der Waals surface area (Å²) >= 11 is 2.67. The van der Waals surface area contributed by atoms with E-state index >= 15 is 0 Å². The lowest BCUT2D eigenvalue weighted by molar-refractivity contribution is -0.118. The fourth-order valence-corrected chi connectivity index (χ4v) is 4.92. The monoisotopic (exact) mass is 590 g/mol. The molecule has 0 aliphatic rings. The summed E-state index contributed by atoms with van der Waals surface area (Å²) in [6.07, 6.45) is 3.19. The van der Waals surface area contributed by atoms with Crippen LogP contribution in [0.2, 0.25) is 0 Å². The van der Waals surface area contributed by atoms with Gasteiger partial charge in [-0.3, -0.25) is 20.2 Å². The van der Waals surface area contributed by atoms with E-state index in [9.17, 15) is 9.59 Å². The zero-order valence-electron chi connectivity index (χ0n) is 20.3. The number of nitrogens with zero attached hydrogens (tertiary/aromatic N) is 4. The topological polar surface area (TPSA) is 162 Å². The summed E-state index contributed by atoms with van der Waals surface area (Å²) in [6, 6.07) is 16.8. The van der Waals surface area contributed by atoms with E-state index in [0.717, 1.165) is 46.8 Å². The first kappa shape index (κ1) is 31.3. The highest BCUT2D eigenvalue weighted by Crippen LogP contribution is 2.22. The first-order valence-electron chi connectivity index (χ1n) is 11.4. The summed E-state index contributed by atoms with van der Waals surface area (Å²) in [7, 11) is 0. The fraction of sp³-hybridized carbons (Fsp3) is 0.250. The van der Waals surface area contributed by atoms with E-state index in [1.54, 1.807) is 0 Å². The number of aromatic nitrogens is 4. The molecule has 38 heavy (non-hydrogen) atoms. The zero-order chi connectivity index (χ0) is 25.3. The predicted octanol–water partition coefficient (Wildman–Crippen LogP) is 3.46. The number of nitrogens with two attached hydrogens (primary N) is 2. The van der Waals surface area contributed by atoms with Gasteiger partial charge in [-0.2, -0.15) is 27.0 Å². The Bertz CT molecular complexity index is 1190. The van der Waals surface area contributed by atoms with E-state index in [1.807, 2.05) is 60.7 Å². The van der Waals surface area contributed by atoms with Crippen LogP contribution in [0.15, 0.2) is 60.7 Å². The number of carbonyl (C=O) groups excluding carboxylic acids is 2. The van der Waals surface area contributed by atoms with Crippen molar-refractivity contribution in [1.82, 2.24) is 20.4 Å². The molecule has 202 valence electrons. The third-order valence-electron chi connectivity index (χ3n) is 5.31. The quantitative estimate of drug-likeness (QED) is 0.193. The number of amides is 2. The van der Waals surface area contributed by atoms with E-state index in [0.29, 0.717) is 10.3 Å². The van der Waals surface area contributed by atoms with E-state index in [1.165, 1.54) is 22.7 Å². The molecule has 0 bridgehead atoms. The van der Waals surface area contributed by atoms with Gasteiger partial charge in [0.25, 0.3) is 0 Å². The Balaban J connectivity index is 0.00000253. The number of unbranched alkanes of at least 4 members (excludes halogenated alkanes) is 1. The minimum absolute atomic E-state index is 0. The SMILES string of the molecule is N[C@H](C(=O)Nc1nnc(CCCCc2nnc(NC(=O)[C@@H](N)c3ccccc3)s2)s1)c1ccccc1.S.S. The average molecular weight is 591 g/mol. The van der Waals surface area contributed by atoms with Gasteiger partial charge < -0.3 is 11.5 Å². The third-order valence-corrected chi connectivity index (χ3v) is 7.10. The largest absolute Gasteiger partial charge is 0.316 e. The Morgan fingerprint density at radius 1 is 0.658 bits per heavy atom. The molecule has 2 heterocycles. The van der Waals surface area contributed by atoms with Crippen LogP contribution in [0, 0.1) is 0 Å². The average Bonchev–Trinajstić information content (AvgIpc) is 3.55. The number of aryl methyl sites for hydroxylation is 2. The van der Waals surface area contributed by atoms with Crippen molar-refractivity contribution in [3.05, 3.63) is 81.8 Å². The number of hydrogen-bond acceptors (Lipinski definition) is 10. The lowest BCUT2D eigenvalue weighted by atomic mass is 10.1. The highest BCUT2D eigenvalue weighted by molar-refractivity contribution is 7.59. The molecule has 2 atom stereocenters. The lowest BCUT2D eigenvalue weighted by Crippen LogP contribution is -2.27. The second kappa shape index (κ2) is 15.5. The van der Waals surface area contributed by atoms with Crippen LogP contribution in [0.4, 0.5) is 10.3 Å². The minimum Gasteiger partial charge on any atom is -0.316 e. The molecule has 0 saturated heterocycles. The van der Waals surface area contributed by atoms with Gasteiger partial charge in [0.05, 0.1) is 0 Å². The highest BCUT2D eigenvalue weighted by Gasteiger charge is 2.18. The Kier molecular flexibility index (Phi) is 12.8. The maximum atomic E-state index is 12.4. The van der Waals surface area contributed by atoms with Crippen molar-refractivity contribution < 1.29 is 9.59 Å². The summed E-state index contributed by atoms with van der Waals surface area (Å²) in [4.78, 5) is 24.8. The second-order valence-electron chi connectivity index (χ2n) is 7.96. The summed E-state index contributed by atoms with van der Waals surface area (Å²) in [5, 5.41) is 24.4. The lowest BCUT2D eigenvalue weighted by Gasteiger charge is -2.10. The highest BCUT2D eigenvalue weighted by atomic mass is 32.1. The van der Waals surface area contributed by atoms with Gasteiger partial charge >= 0.3 is 0 Å². The molecule has 0 aliphatic heterocycles. The molecular formula is C24H30N8O2S4. The molecule has 2 amide bonds. The third kappa shape index (κ3) is 8.85. The van der Waals surface area contributed by atoms with Crippen LogP contribution in [0.25, 0.3) is 0 Å². The van der Waals surface area contributed by atoms with Gasteiger partial charge in [0.1, 0.15) is 22.1 Å². The summed E-state index contributed by atoms with van der Waals surface area (Å²) < 4.78 is 0. The van der Waals surface area contributed by atoms with Crippen molar-refractivity contribution in [2.45, 2.75) is 37.8 Å². The van der Waals surface area contributed by atoms with Gasteiger partial charge in [0.2, 0.25) is 22.1 Å². The number of benzene rings is 2. The molecule has 14 heteroatoms. The van der Waals surface area contributed by atoms with Crippen molar-refractivity contribution in [3.63, 3.8) is 0 Å². The van der Waals surface area contributed by atoms with Gasteiger partial charge in [-0.05, 0) is 24.0 Å². The number of hydrogen-bond donors (Lipinski definition) is 4. The Morgan fingerprint density at radius 3 is 1.39 bits per heavy atom. The molecule has 0 unspecified atom stereocenters. The van der Waals surface area contributed by atoms with Gasteiger partial charge in [0.15, 0.2) is 0 Å². The molecule has 0 fully saturated rings. The van der Waals surface area contributed by atoms with E-state index < -0.39 is 12.1 Å².